The molecule has 2 heterocycles. The largest absolute Gasteiger partial charge is 0.481 e. The average Bonchev–Trinajstić information content (AvgIpc) is 3.29. The lowest BCUT2D eigenvalue weighted by Crippen LogP contribution is -2.40. The van der Waals surface area contributed by atoms with E-state index in [9.17, 15) is 14.0 Å². The number of imidazole rings is 1. The van der Waals surface area contributed by atoms with E-state index in [0.717, 1.165) is 12.0 Å². The fourth-order valence-corrected chi connectivity index (χ4v) is 3.65. The van der Waals surface area contributed by atoms with Crippen LogP contribution in [0.4, 0.5) is 4.39 Å². The van der Waals surface area contributed by atoms with Crippen molar-refractivity contribution in [3.05, 3.63) is 80.7 Å². The van der Waals surface area contributed by atoms with E-state index in [1.54, 1.807) is 28.8 Å². The van der Waals surface area contributed by atoms with Crippen LogP contribution in [0, 0.1) is 17.7 Å². The first-order valence-corrected chi connectivity index (χ1v) is 11.2. The number of nitrogens with zero attached hydrogens (tertiary/aromatic N) is 3. The molecule has 0 fully saturated rings. The van der Waals surface area contributed by atoms with Gasteiger partial charge in [0.15, 0.2) is 5.65 Å². The molecule has 0 spiro atoms. The Hall–Kier alpha value is -4.12. The highest BCUT2D eigenvalue weighted by atomic mass is 19.1. The number of fused-ring (bicyclic) bond motifs is 1. The van der Waals surface area contributed by atoms with Gasteiger partial charge in [0.25, 0.3) is 5.56 Å². The van der Waals surface area contributed by atoms with E-state index < -0.39 is 0 Å². The van der Waals surface area contributed by atoms with Crippen LogP contribution in [0.2, 0.25) is 0 Å². The van der Waals surface area contributed by atoms with Gasteiger partial charge in [-0.1, -0.05) is 25.7 Å². The van der Waals surface area contributed by atoms with Gasteiger partial charge in [0, 0.05) is 24.2 Å². The van der Waals surface area contributed by atoms with E-state index in [-0.39, 0.29) is 23.7 Å². The van der Waals surface area contributed by atoms with Crippen LogP contribution in [0.1, 0.15) is 32.3 Å². The zero-order valence-electron chi connectivity index (χ0n) is 19.1. The van der Waals surface area contributed by atoms with Crippen molar-refractivity contribution >= 4 is 11.2 Å². The van der Waals surface area contributed by atoms with Gasteiger partial charge in [-0.15, -0.1) is 0 Å². The third-order valence-corrected chi connectivity index (χ3v) is 5.27. The summed E-state index contributed by atoms with van der Waals surface area (Å²) in [6.45, 7) is 4.93. The maximum atomic E-state index is 12.9. The number of aromatic amines is 1. The second-order valence-electron chi connectivity index (χ2n) is 7.80. The van der Waals surface area contributed by atoms with E-state index >= 15 is 0 Å². The minimum Gasteiger partial charge on any atom is -0.481 e. The number of halogens is 1. The van der Waals surface area contributed by atoms with Crippen LogP contribution in [-0.4, -0.2) is 25.7 Å². The highest BCUT2D eigenvalue weighted by molar-refractivity contribution is 5.75. The van der Waals surface area contributed by atoms with Gasteiger partial charge in [-0.25, -0.2) is 14.2 Å². The summed E-state index contributed by atoms with van der Waals surface area (Å²) in [5, 5.41) is 0. The molecule has 0 amide bonds. The summed E-state index contributed by atoms with van der Waals surface area (Å²) in [6, 6.07) is 13.2. The molecule has 0 aliphatic carbocycles. The van der Waals surface area contributed by atoms with Crippen molar-refractivity contribution in [1.29, 1.82) is 0 Å². The molecular formula is C26H25FN4O3. The monoisotopic (exact) mass is 460 g/mol. The van der Waals surface area contributed by atoms with E-state index in [1.165, 1.54) is 16.7 Å². The van der Waals surface area contributed by atoms with Crippen LogP contribution in [0.25, 0.3) is 22.6 Å². The number of nitrogens with one attached hydrogen (secondary N) is 1. The fraction of sp³-hybridized carbons (Fsp3) is 0.269. The minimum atomic E-state index is -0.354. The van der Waals surface area contributed by atoms with Crippen molar-refractivity contribution in [2.24, 2.45) is 0 Å². The van der Waals surface area contributed by atoms with E-state index in [1.807, 2.05) is 26.0 Å². The molecule has 4 rings (SSSR count). The van der Waals surface area contributed by atoms with Crippen LogP contribution in [0.3, 0.4) is 0 Å². The highest BCUT2D eigenvalue weighted by Gasteiger charge is 2.17. The van der Waals surface area contributed by atoms with Crippen LogP contribution in [0.15, 0.2) is 58.1 Å². The maximum Gasteiger partial charge on any atom is 0.332 e. The second kappa shape index (κ2) is 10.2. The molecule has 34 heavy (non-hydrogen) atoms. The zero-order chi connectivity index (χ0) is 24.1. The molecular weight excluding hydrogens is 435 g/mol. The first kappa shape index (κ1) is 23.1. The Morgan fingerprint density at radius 2 is 1.65 bits per heavy atom. The lowest BCUT2D eigenvalue weighted by molar-refractivity contribution is 0.370. The van der Waals surface area contributed by atoms with Crippen LogP contribution < -0.4 is 16.0 Å². The maximum absolute atomic E-state index is 12.9. The molecule has 7 nitrogen and oxygen atoms in total. The number of aromatic nitrogens is 4. The normalized spacial score (nSPS) is 10.8. The lowest BCUT2D eigenvalue weighted by Gasteiger charge is -2.09. The Kier molecular flexibility index (Phi) is 6.93. The number of rotatable bonds is 7. The molecule has 0 saturated heterocycles. The van der Waals surface area contributed by atoms with Gasteiger partial charge < -0.3 is 9.72 Å². The predicted octanol–water partition coefficient (Wildman–Crippen LogP) is 3.94. The molecule has 0 aliphatic heterocycles. The average molecular weight is 461 g/mol. The molecule has 1 N–H and O–H groups in total. The molecule has 174 valence electrons. The third-order valence-electron chi connectivity index (χ3n) is 5.27. The van der Waals surface area contributed by atoms with Crippen molar-refractivity contribution in [3.8, 4) is 29.0 Å². The zero-order valence-corrected chi connectivity index (χ0v) is 19.1. The second-order valence-corrected chi connectivity index (χ2v) is 7.80. The van der Waals surface area contributed by atoms with Crippen molar-refractivity contribution in [2.75, 3.05) is 6.61 Å². The summed E-state index contributed by atoms with van der Waals surface area (Å²) in [7, 11) is 0. The van der Waals surface area contributed by atoms with Gasteiger partial charge in [-0.2, -0.15) is 0 Å². The molecule has 8 heteroatoms. The van der Waals surface area contributed by atoms with Crippen LogP contribution in [0.5, 0.6) is 5.75 Å². The topological polar surface area (TPSA) is 81.9 Å². The number of hydrogen-bond acceptors (Lipinski definition) is 4. The molecule has 0 saturated carbocycles. The summed E-state index contributed by atoms with van der Waals surface area (Å²) in [4.78, 5) is 33.4. The standard InChI is InChI=1S/C26H25FN4O3/c1-3-15-30-24-22(25(32)31(16-4-2)26(30)33)28-23(29-24)19-9-13-21(14-10-19)34-17-5-6-18-7-11-20(27)12-8-18/h7-14H,3-4,15-17H2,1-2H3,(H,28,29). The summed E-state index contributed by atoms with van der Waals surface area (Å²) in [6.07, 6.45) is 1.43. The van der Waals surface area contributed by atoms with Crippen molar-refractivity contribution < 1.29 is 9.13 Å². The molecule has 2 aromatic carbocycles. The summed E-state index contributed by atoms with van der Waals surface area (Å²) in [5.41, 5.74) is 1.49. The summed E-state index contributed by atoms with van der Waals surface area (Å²) < 4.78 is 21.4. The number of aryl methyl sites for hydroxylation is 1. The quantitative estimate of drug-likeness (QED) is 0.424. The van der Waals surface area contributed by atoms with Gasteiger partial charge in [-0.05, 0) is 61.4 Å². The third kappa shape index (κ3) is 4.79. The first-order chi connectivity index (χ1) is 16.5. The first-order valence-electron chi connectivity index (χ1n) is 11.2. The minimum absolute atomic E-state index is 0.182. The predicted molar refractivity (Wildman–Crippen MR) is 129 cm³/mol. The highest BCUT2D eigenvalue weighted by Crippen LogP contribution is 2.21. The fourth-order valence-electron chi connectivity index (χ4n) is 3.65. The van der Waals surface area contributed by atoms with Crippen LogP contribution >= 0.6 is 0 Å². The number of hydrogen-bond donors (Lipinski definition) is 1. The van der Waals surface area contributed by atoms with Crippen molar-refractivity contribution in [3.63, 3.8) is 0 Å². The molecule has 0 aliphatic rings. The number of ether oxygens (including phenoxy) is 1. The Balaban J connectivity index is 1.56. The summed E-state index contributed by atoms with van der Waals surface area (Å²) >= 11 is 0. The van der Waals surface area contributed by atoms with Crippen molar-refractivity contribution in [2.45, 2.75) is 39.8 Å². The molecule has 0 radical (unpaired) electrons. The molecule has 0 atom stereocenters. The van der Waals surface area contributed by atoms with Gasteiger partial charge in [0.05, 0.1) is 0 Å². The number of H-pyrrole nitrogens is 1. The van der Waals surface area contributed by atoms with Gasteiger partial charge >= 0.3 is 5.69 Å². The van der Waals surface area contributed by atoms with Gasteiger partial charge in [0.2, 0.25) is 0 Å². The van der Waals surface area contributed by atoms with Gasteiger partial charge in [-0.3, -0.25) is 13.9 Å². The molecule has 2 aromatic heterocycles. The lowest BCUT2D eigenvalue weighted by atomic mass is 10.2. The Bertz CT molecular complexity index is 1470. The molecule has 0 bridgehead atoms. The Morgan fingerprint density at radius 3 is 2.32 bits per heavy atom. The smallest absolute Gasteiger partial charge is 0.332 e. The van der Waals surface area contributed by atoms with Gasteiger partial charge in [0.1, 0.15) is 29.5 Å². The van der Waals surface area contributed by atoms with Crippen LogP contribution in [-0.2, 0) is 13.1 Å². The summed E-state index contributed by atoms with van der Waals surface area (Å²) in [5.74, 6) is 6.65. The number of benzene rings is 2. The van der Waals surface area contributed by atoms with E-state index in [2.05, 4.69) is 21.8 Å². The molecule has 4 aromatic rings. The molecule has 0 unspecified atom stereocenters. The Labute approximate surface area is 195 Å². The van der Waals surface area contributed by atoms with Crippen molar-refractivity contribution in [1.82, 2.24) is 19.1 Å². The van der Waals surface area contributed by atoms with E-state index in [0.29, 0.717) is 47.8 Å². The Morgan fingerprint density at radius 1 is 0.971 bits per heavy atom. The SMILES string of the molecule is CCCn1c(=O)c2[nH]c(-c3ccc(OCC#Cc4ccc(F)cc4)cc3)nc2n(CCC)c1=O. The van der Waals surface area contributed by atoms with E-state index in [4.69, 9.17) is 4.74 Å².